The van der Waals surface area contributed by atoms with Gasteiger partial charge in [0.15, 0.2) is 5.03 Å². The Kier molecular flexibility index (Phi) is 3.24. The highest BCUT2D eigenvalue weighted by atomic mass is 32.2. The summed E-state index contributed by atoms with van der Waals surface area (Å²) < 4.78 is 31.7. The quantitative estimate of drug-likeness (QED) is 0.809. The van der Waals surface area contributed by atoms with Crippen molar-refractivity contribution >= 4 is 10.0 Å². The molecule has 2 N–H and O–H groups in total. The SMILES string of the molecule is COC1(CNS(=O)(=O)c2cnc(C)[nH]2)CCC1. The van der Waals surface area contributed by atoms with Crippen molar-refractivity contribution in [2.45, 2.75) is 36.8 Å². The van der Waals surface area contributed by atoms with E-state index in [1.54, 1.807) is 14.0 Å². The van der Waals surface area contributed by atoms with Crippen molar-refractivity contribution in [2.24, 2.45) is 0 Å². The number of aromatic nitrogens is 2. The number of nitrogens with zero attached hydrogens (tertiary/aromatic N) is 1. The van der Waals surface area contributed by atoms with Crippen LogP contribution in [0.15, 0.2) is 11.2 Å². The van der Waals surface area contributed by atoms with Crippen molar-refractivity contribution < 1.29 is 13.2 Å². The zero-order valence-corrected chi connectivity index (χ0v) is 10.8. The van der Waals surface area contributed by atoms with Gasteiger partial charge in [-0.25, -0.2) is 18.1 Å². The number of hydrogen-bond donors (Lipinski definition) is 2. The van der Waals surface area contributed by atoms with Gasteiger partial charge < -0.3 is 9.72 Å². The molecule has 0 radical (unpaired) electrons. The van der Waals surface area contributed by atoms with Gasteiger partial charge in [-0.1, -0.05) is 0 Å². The summed E-state index contributed by atoms with van der Waals surface area (Å²) in [5, 5.41) is 0.0978. The van der Waals surface area contributed by atoms with Gasteiger partial charge in [0.1, 0.15) is 5.82 Å². The van der Waals surface area contributed by atoms with Gasteiger partial charge in [0.25, 0.3) is 10.0 Å². The smallest absolute Gasteiger partial charge is 0.257 e. The van der Waals surface area contributed by atoms with Gasteiger partial charge in [-0.3, -0.25) is 0 Å². The van der Waals surface area contributed by atoms with E-state index in [4.69, 9.17) is 4.74 Å². The largest absolute Gasteiger partial charge is 0.377 e. The predicted octanol–water partition coefficient (Wildman–Crippen LogP) is 0.566. The average Bonchev–Trinajstić information content (AvgIpc) is 2.64. The fourth-order valence-electron chi connectivity index (χ4n) is 1.86. The van der Waals surface area contributed by atoms with Gasteiger partial charge in [-0.05, 0) is 26.2 Å². The van der Waals surface area contributed by atoms with Crippen LogP contribution in [-0.2, 0) is 14.8 Å². The second kappa shape index (κ2) is 4.40. The number of methoxy groups -OCH3 is 1. The van der Waals surface area contributed by atoms with Crippen LogP contribution in [0.3, 0.4) is 0 Å². The van der Waals surface area contributed by atoms with Gasteiger partial charge in [-0.15, -0.1) is 0 Å². The molecule has 0 saturated heterocycles. The molecule has 0 unspecified atom stereocenters. The van der Waals surface area contributed by atoms with E-state index in [9.17, 15) is 8.42 Å². The van der Waals surface area contributed by atoms with Crippen molar-refractivity contribution in [1.29, 1.82) is 0 Å². The number of aromatic amines is 1. The monoisotopic (exact) mass is 259 g/mol. The van der Waals surface area contributed by atoms with Crippen LogP contribution in [0.4, 0.5) is 0 Å². The topological polar surface area (TPSA) is 84.1 Å². The molecule has 0 spiro atoms. The minimum atomic E-state index is -3.51. The molecular weight excluding hydrogens is 242 g/mol. The lowest BCUT2D eigenvalue weighted by molar-refractivity contribution is -0.0659. The molecule has 0 atom stereocenters. The molecule has 1 fully saturated rings. The number of rotatable bonds is 5. The Morgan fingerprint density at radius 3 is 2.71 bits per heavy atom. The first kappa shape index (κ1) is 12.5. The molecular formula is C10H17N3O3S. The molecule has 0 aliphatic heterocycles. The summed E-state index contributed by atoms with van der Waals surface area (Å²) in [6, 6.07) is 0. The molecule has 1 aliphatic carbocycles. The molecule has 7 heteroatoms. The number of nitrogens with one attached hydrogen (secondary N) is 2. The summed E-state index contributed by atoms with van der Waals surface area (Å²) in [6.45, 7) is 2.02. The number of ether oxygens (including phenoxy) is 1. The standard InChI is InChI=1S/C10H17N3O3S/c1-8-11-6-9(13-8)17(14,15)12-7-10(16-2)4-3-5-10/h6,12H,3-5,7H2,1-2H3,(H,11,13). The minimum absolute atomic E-state index is 0.0978. The van der Waals surface area contributed by atoms with E-state index < -0.39 is 10.0 Å². The third kappa shape index (κ3) is 2.51. The van der Waals surface area contributed by atoms with Crippen LogP contribution in [-0.4, -0.2) is 37.6 Å². The summed E-state index contributed by atoms with van der Waals surface area (Å²) >= 11 is 0. The highest BCUT2D eigenvalue weighted by Gasteiger charge is 2.38. The molecule has 17 heavy (non-hydrogen) atoms. The molecule has 0 aromatic carbocycles. The van der Waals surface area contributed by atoms with Crippen LogP contribution >= 0.6 is 0 Å². The van der Waals surface area contributed by atoms with Crippen molar-refractivity contribution in [3.63, 3.8) is 0 Å². The number of aryl methyl sites for hydroxylation is 1. The van der Waals surface area contributed by atoms with Gasteiger partial charge in [0, 0.05) is 13.7 Å². The average molecular weight is 259 g/mol. The van der Waals surface area contributed by atoms with E-state index in [0.29, 0.717) is 12.4 Å². The van der Waals surface area contributed by atoms with Crippen LogP contribution in [0.1, 0.15) is 25.1 Å². The minimum Gasteiger partial charge on any atom is -0.377 e. The number of H-pyrrole nitrogens is 1. The Balaban J connectivity index is 2.03. The van der Waals surface area contributed by atoms with E-state index in [2.05, 4.69) is 14.7 Å². The van der Waals surface area contributed by atoms with Gasteiger partial charge in [0.2, 0.25) is 0 Å². The van der Waals surface area contributed by atoms with Crippen molar-refractivity contribution in [1.82, 2.24) is 14.7 Å². The van der Waals surface area contributed by atoms with E-state index in [-0.39, 0.29) is 10.6 Å². The molecule has 1 saturated carbocycles. The molecule has 0 amide bonds. The van der Waals surface area contributed by atoms with Crippen LogP contribution in [0, 0.1) is 6.92 Å². The molecule has 2 rings (SSSR count). The Hall–Kier alpha value is -0.920. The molecule has 1 aromatic heterocycles. The molecule has 0 bridgehead atoms. The highest BCUT2D eigenvalue weighted by molar-refractivity contribution is 7.89. The van der Waals surface area contributed by atoms with Gasteiger partial charge in [-0.2, -0.15) is 0 Å². The molecule has 1 aromatic rings. The normalized spacial score (nSPS) is 18.9. The number of sulfonamides is 1. The summed E-state index contributed by atoms with van der Waals surface area (Å²) in [4.78, 5) is 6.58. The summed E-state index contributed by atoms with van der Waals surface area (Å²) in [5.74, 6) is 0.579. The Labute approximate surface area is 101 Å². The van der Waals surface area contributed by atoms with Gasteiger partial charge >= 0.3 is 0 Å². The first-order valence-corrected chi connectivity index (χ1v) is 7.02. The fraction of sp³-hybridized carbons (Fsp3) is 0.700. The van der Waals surface area contributed by atoms with E-state index in [1.165, 1.54) is 6.20 Å². The first-order valence-electron chi connectivity index (χ1n) is 5.54. The van der Waals surface area contributed by atoms with Crippen molar-refractivity contribution in [2.75, 3.05) is 13.7 Å². The van der Waals surface area contributed by atoms with Crippen LogP contribution in [0.2, 0.25) is 0 Å². The Morgan fingerprint density at radius 2 is 2.29 bits per heavy atom. The fourth-order valence-corrected chi connectivity index (χ4v) is 2.95. The molecule has 1 aliphatic rings. The lowest BCUT2D eigenvalue weighted by Gasteiger charge is -2.40. The molecule has 6 nitrogen and oxygen atoms in total. The van der Waals surface area contributed by atoms with Crippen LogP contribution in [0.5, 0.6) is 0 Å². The Morgan fingerprint density at radius 1 is 1.59 bits per heavy atom. The van der Waals surface area contributed by atoms with E-state index in [1.807, 2.05) is 0 Å². The zero-order valence-electron chi connectivity index (χ0n) is 9.99. The third-order valence-electron chi connectivity index (χ3n) is 3.25. The summed E-state index contributed by atoms with van der Waals surface area (Å²) in [7, 11) is -1.89. The summed E-state index contributed by atoms with van der Waals surface area (Å²) in [6.07, 6.45) is 4.19. The molecule has 96 valence electrons. The highest BCUT2D eigenvalue weighted by Crippen LogP contribution is 2.34. The lowest BCUT2D eigenvalue weighted by atomic mass is 9.80. The van der Waals surface area contributed by atoms with Crippen LogP contribution in [0.25, 0.3) is 0 Å². The number of hydrogen-bond acceptors (Lipinski definition) is 4. The zero-order chi connectivity index (χ0) is 12.5. The molecule has 1 heterocycles. The summed E-state index contributed by atoms with van der Waals surface area (Å²) in [5.41, 5.74) is -0.317. The second-order valence-corrected chi connectivity index (χ2v) is 6.13. The lowest BCUT2D eigenvalue weighted by Crippen LogP contribution is -2.49. The maximum absolute atomic E-state index is 11.9. The van der Waals surface area contributed by atoms with Crippen LogP contribution < -0.4 is 4.72 Å². The Bertz CT molecular complexity index is 485. The van der Waals surface area contributed by atoms with E-state index in [0.717, 1.165) is 19.3 Å². The van der Waals surface area contributed by atoms with E-state index >= 15 is 0 Å². The number of imidazole rings is 1. The third-order valence-corrected chi connectivity index (χ3v) is 4.56. The van der Waals surface area contributed by atoms with Gasteiger partial charge in [0.05, 0.1) is 11.8 Å². The van der Waals surface area contributed by atoms with Crippen molar-refractivity contribution in [3.8, 4) is 0 Å². The maximum atomic E-state index is 11.9. The van der Waals surface area contributed by atoms with Crippen molar-refractivity contribution in [3.05, 3.63) is 12.0 Å². The first-order chi connectivity index (χ1) is 7.97. The predicted molar refractivity (Wildman–Crippen MR) is 62.1 cm³/mol. The second-order valence-electron chi connectivity index (χ2n) is 4.40. The maximum Gasteiger partial charge on any atom is 0.257 e.